The van der Waals surface area contributed by atoms with Crippen LogP contribution in [0.4, 0.5) is 0 Å². The number of carbonyl (C=O) groups excluding carboxylic acids is 1. The first-order valence-corrected chi connectivity index (χ1v) is 5.22. The molecular formula is C11H6Cl2N2O. The zero-order chi connectivity index (χ0) is 11.5. The zero-order valence-corrected chi connectivity index (χ0v) is 9.53. The first kappa shape index (κ1) is 11.0. The largest absolute Gasteiger partial charge is 0.287 e. The number of carbonyl (C=O) groups is 1. The van der Waals surface area contributed by atoms with Crippen LogP contribution >= 0.6 is 23.2 Å². The molecule has 5 heteroatoms. The number of nitrogens with zero attached hydrogens (tertiary/aromatic N) is 2. The lowest BCUT2D eigenvalue weighted by Crippen LogP contribution is -2.05. The van der Waals surface area contributed by atoms with Gasteiger partial charge in [-0.25, -0.2) is 0 Å². The Bertz CT molecular complexity index is 529. The van der Waals surface area contributed by atoms with Crippen molar-refractivity contribution in [2.24, 2.45) is 0 Å². The molecule has 0 aliphatic heterocycles. The molecule has 0 saturated heterocycles. The Labute approximate surface area is 102 Å². The monoisotopic (exact) mass is 252 g/mol. The van der Waals surface area contributed by atoms with Crippen molar-refractivity contribution in [1.29, 1.82) is 0 Å². The van der Waals surface area contributed by atoms with E-state index in [0.717, 1.165) is 0 Å². The van der Waals surface area contributed by atoms with Crippen molar-refractivity contribution in [2.45, 2.75) is 0 Å². The van der Waals surface area contributed by atoms with Crippen LogP contribution in [0.3, 0.4) is 0 Å². The molecule has 0 bridgehead atoms. The van der Waals surface area contributed by atoms with Gasteiger partial charge in [0, 0.05) is 11.8 Å². The fourth-order valence-corrected chi connectivity index (χ4v) is 1.63. The molecule has 0 atom stereocenters. The Morgan fingerprint density at radius 2 is 1.94 bits per heavy atom. The van der Waals surface area contributed by atoms with Crippen LogP contribution in [-0.2, 0) is 0 Å². The molecule has 0 aliphatic rings. The Hall–Kier alpha value is -1.45. The standard InChI is InChI=1S/C11H6Cl2N2O/c12-8-4-1-3-7(10(8)13)11(16)9-5-2-6-14-15-9/h1-6H. The van der Waals surface area contributed by atoms with Gasteiger partial charge in [0.15, 0.2) is 0 Å². The van der Waals surface area contributed by atoms with Crippen molar-refractivity contribution in [1.82, 2.24) is 10.2 Å². The van der Waals surface area contributed by atoms with Crippen LogP contribution in [0.15, 0.2) is 36.5 Å². The molecule has 0 radical (unpaired) electrons. The summed E-state index contributed by atoms with van der Waals surface area (Å²) in [5.41, 5.74) is 0.571. The van der Waals surface area contributed by atoms with Crippen molar-refractivity contribution >= 4 is 29.0 Å². The van der Waals surface area contributed by atoms with E-state index < -0.39 is 0 Å². The molecule has 2 aromatic rings. The van der Waals surface area contributed by atoms with Gasteiger partial charge in [-0.05, 0) is 24.3 Å². The normalized spacial score (nSPS) is 10.1. The lowest BCUT2D eigenvalue weighted by molar-refractivity contribution is 0.103. The quantitative estimate of drug-likeness (QED) is 0.772. The van der Waals surface area contributed by atoms with Gasteiger partial charge in [0.1, 0.15) is 5.69 Å². The smallest absolute Gasteiger partial charge is 0.214 e. The number of hydrogen-bond donors (Lipinski definition) is 0. The molecule has 1 aromatic carbocycles. The van der Waals surface area contributed by atoms with Crippen LogP contribution in [0.2, 0.25) is 10.0 Å². The molecule has 80 valence electrons. The highest BCUT2D eigenvalue weighted by atomic mass is 35.5. The average molecular weight is 253 g/mol. The van der Waals surface area contributed by atoms with E-state index in [1.807, 2.05) is 0 Å². The summed E-state index contributed by atoms with van der Waals surface area (Å²) in [6.45, 7) is 0. The molecular weight excluding hydrogens is 247 g/mol. The topological polar surface area (TPSA) is 42.9 Å². The Balaban J connectivity index is 2.46. The maximum absolute atomic E-state index is 12.0. The third kappa shape index (κ3) is 2.05. The minimum absolute atomic E-state index is 0.236. The summed E-state index contributed by atoms with van der Waals surface area (Å²) in [6, 6.07) is 8.10. The average Bonchev–Trinajstić information content (AvgIpc) is 2.33. The van der Waals surface area contributed by atoms with E-state index in [-0.39, 0.29) is 16.5 Å². The summed E-state index contributed by atoms with van der Waals surface area (Å²) in [7, 11) is 0. The highest BCUT2D eigenvalue weighted by Gasteiger charge is 2.15. The molecule has 3 nitrogen and oxygen atoms in total. The van der Waals surface area contributed by atoms with Crippen molar-refractivity contribution in [2.75, 3.05) is 0 Å². The predicted octanol–water partition coefficient (Wildman–Crippen LogP) is 3.01. The number of benzene rings is 1. The van der Waals surface area contributed by atoms with E-state index >= 15 is 0 Å². The van der Waals surface area contributed by atoms with Crippen LogP contribution in [0.1, 0.15) is 16.1 Å². The third-order valence-electron chi connectivity index (χ3n) is 2.00. The second-order valence-corrected chi connectivity index (χ2v) is 3.82. The lowest BCUT2D eigenvalue weighted by Gasteiger charge is -2.03. The SMILES string of the molecule is O=C(c1cccnn1)c1cccc(Cl)c1Cl. The first-order valence-electron chi connectivity index (χ1n) is 4.46. The van der Waals surface area contributed by atoms with Crippen molar-refractivity contribution in [3.8, 4) is 0 Å². The van der Waals surface area contributed by atoms with Gasteiger partial charge in [-0.2, -0.15) is 5.10 Å². The summed E-state index contributed by atoms with van der Waals surface area (Å²) >= 11 is 11.8. The molecule has 0 N–H and O–H groups in total. The molecule has 0 aliphatic carbocycles. The first-order chi connectivity index (χ1) is 7.70. The van der Waals surface area contributed by atoms with E-state index in [2.05, 4.69) is 10.2 Å². The van der Waals surface area contributed by atoms with Crippen LogP contribution < -0.4 is 0 Å². The number of aromatic nitrogens is 2. The highest BCUT2D eigenvalue weighted by molar-refractivity contribution is 6.44. The molecule has 0 saturated carbocycles. The molecule has 2 rings (SSSR count). The molecule has 0 fully saturated rings. The Morgan fingerprint density at radius 1 is 1.12 bits per heavy atom. The van der Waals surface area contributed by atoms with E-state index in [9.17, 15) is 4.79 Å². The zero-order valence-electron chi connectivity index (χ0n) is 8.02. The predicted molar refractivity (Wildman–Crippen MR) is 61.9 cm³/mol. The Morgan fingerprint density at radius 3 is 2.62 bits per heavy atom. The van der Waals surface area contributed by atoms with Gasteiger partial charge >= 0.3 is 0 Å². The number of ketones is 1. The summed E-state index contributed by atoms with van der Waals surface area (Å²) < 4.78 is 0. The molecule has 0 spiro atoms. The van der Waals surface area contributed by atoms with Crippen LogP contribution in [0.5, 0.6) is 0 Å². The van der Waals surface area contributed by atoms with Gasteiger partial charge in [0.05, 0.1) is 10.0 Å². The van der Waals surface area contributed by atoms with Gasteiger partial charge in [0.25, 0.3) is 0 Å². The molecule has 1 aromatic heterocycles. The van der Waals surface area contributed by atoms with Crippen molar-refractivity contribution in [3.05, 3.63) is 57.8 Å². The summed E-state index contributed by atoms with van der Waals surface area (Å²) in [5.74, 6) is -0.291. The minimum atomic E-state index is -0.291. The summed E-state index contributed by atoms with van der Waals surface area (Å²) in [6.07, 6.45) is 1.50. The molecule has 0 unspecified atom stereocenters. The second-order valence-electron chi connectivity index (χ2n) is 3.04. The van der Waals surface area contributed by atoms with Crippen LogP contribution in [-0.4, -0.2) is 16.0 Å². The van der Waals surface area contributed by atoms with Crippen molar-refractivity contribution in [3.63, 3.8) is 0 Å². The number of halogens is 2. The number of rotatable bonds is 2. The van der Waals surface area contributed by atoms with Gasteiger partial charge in [-0.15, -0.1) is 5.10 Å². The van der Waals surface area contributed by atoms with Gasteiger partial charge in [-0.1, -0.05) is 29.3 Å². The summed E-state index contributed by atoms with van der Waals surface area (Å²) in [4.78, 5) is 12.0. The highest BCUT2D eigenvalue weighted by Crippen LogP contribution is 2.26. The second kappa shape index (κ2) is 4.60. The Kier molecular flexibility index (Phi) is 3.17. The lowest BCUT2D eigenvalue weighted by atomic mass is 10.1. The van der Waals surface area contributed by atoms with Gasteiger partial charge in [0.2, 0.25) is 5.78 Å². The van der Waals surface area contributed by atoms with Gasteiger partial charge in [-0.3, -0.25) is 4.79 Å². The van der Waals surface area contributed by atoms with Crippen LogP contribution in [0.25, 0.3) is 0 Å². The maximum atomic E-state index is 12.0. The van der Waals surface area contributed by atoms with E-state index in [4.69, 9.17) is 23.2 Å². The van der Waals surface area contributed by atoms with Crippen LogP contribution in [0, 0.1) is 0 Å². The van der Waals surface area contributed by atoms with Crippen molar-refractivity contribution < 1.29 is 4.79 Å². The van der Waals surface area contributed by atoms with E-state index in [1.54, 1.807) is 30.3 Å². The van der Waals surface area contributed by atoms with E-state index in [0.29, 0.717) is 10.6 Å². The van der Waals surface area contributed by atoms with Gasteiger partial charge < -0.3 is 0 Å². The fourth-order valence-electron chi connectivity index (χ4n) is 1.24. The molecule has 16 heavy (non-hydrogen) atoms. The molecule has 0 amide bonds. The summed E-state index contributed by atoms with van der Waals surface area (Å²) in [5, 5.41) is 7.94. The third-order valence-corrected chi connectivity index (χ3v) is 2.82. The minimum Gasteiger partial charge on any atom is -0.287 e. The fraction of sp³-hybridized carbons (Fsp3) is 0. The number of hydrogen-bond acceptors (Lipinski definition) is 3. The maximum Gasteiger partial charge on any atom is 0.214 e. The van der Waals surface area contributed by atoms with E-state index in [1.165, 1.54) is 6.20 Å². The molecule has 1 heterocycles.